The monoisotopic (exact) mass is 224 g/mol. The highest BCUT2D eigenvalue weighted by molar-refractivity contribution is 5.80. The van der Waals surface area contributed by atoms with Crippen molar-refractivity contribution in [1.29, 1.82) is 0 Å². The Labute approximate surface area is 96.0 Å². The van der Waals surface area contributed by atoms with Gasteiger partial charge in [0.05, 0.1) is 12.1 Å². The number of ketones is 1. The van der Waals surface area contributed by atoms with E-state index in [1.807, 2.05) is 0 Å². The number of Topliss-reactive ketones (excluding diaryl/α,β-unsaturated/α-hetero) is 1. The van der Waals surface area contributed by atoms with Gasteiger partial charge in [0, 0.05) is 19.7 Å². The molecule has 0 radical (unpaired) electrons. The molecule has 1 heterocycles. The van der Waals surface area contributed by atoms with Crippen molar-refractivity contribution in [3.63, 3.8) is 0 Å². The molecule has 1 aromatic heterocycles. The van der Waals surface area contributed by atoms with Crippen molar-refractivity contribution in [1.82, 2.24) is 15.0 Å². The maximum absolute atomic E-state index is 11.6. The summed E-state index contributed by atoms with van der Waals surface area (Å²) in [6, 6.07) is 0. The van der Waals surface area contributed by atoms with Gasteiger partial charge in [-0.1, -0.05) is 18.1 Å². The van der Waals surface area contributed by atoms with Gasteiger partial charge in [0.1, 0.15) is 5.78 Å². The Morgan fingerprint density at radius 2 is 2.12 bits per heavy atom. The first-order valence-electron chi connectivity index (χ1n) is 5.79. The van der Waals surface area contributed by atoms with Crippen molar-refractivity contribution in [2.75, 3.05) is 6.54 Å². The average Bonchev–Trinajstić information content (AvgIpc) is 2.63. The highest BCUT2D eigenvalue weighted by Gasteiger charge is 2.06. The molecule has 1 rings (SSSR count). The third-order valence-corrected chi connectivity index (χ3v) is 2.44. The third-order valence-electron chi connectivity index (χ3n) is 2.44. The van der Waals surface area contributed by atoms with Crippen LogP contribution in [0.5, 0.6) is 0 Å². The van der Waals surface area contributed by atoms with Gasteiger partial charge >= 0.3 is 0 Å². The molecule has 5 nitrogen and oxygen atoms in total. The van der Waals surface area contributed by atoms with Gasteiger partial charge in [0.15, 0.2) is 0 Å². The van der Waals surface area contributed by atoms with E-state index in [0.29, 0.717) is 12.8 Å². The summed E-state index contributed by atoms with van der Waals surface area (Å²) < 4.78 is 1.61. The molecular formula is C11H20N4O. The molecule has 0 spiro atoms. The van der Waals surface area contributed by atoms with Crippen molar-refractivity contribution in [3.05, 3.63) is 11.9 Å². The summed E-state index contributed by atoms with van der Waals surface area (Å²) in [6.45, 7) is 0.744. The number of carbonyl (C=O) groups excluding carboxylic acids is 1. The van der Waals surface area contributed by atoms with Gasteiger partial charge in [0.2, 0.25) is 0 Å². The van der Waals surface area contributed by atoms with Crippen LogP contribution in [-0.4, -0.2) is 27.3 Å². The number of hydrogen-bond acceptors (Lipinski definition) is 4. The first kappa shape index (κ1) is 12.8. The number of nitrogens with zero attached hydrogens (tertiary/aromatic N) is 3. The van der Waals surface area contributed by atoms with Crippen molar-refractivity contribution >= 4 is 5.78 Å². The predicted molar refractivity (Wildman–Crippen MR) is 61.9 cm³/mol. The van der Waals surface area contributed by atoms with Gasteiger partial charge in [-0.2, -0.15) is 0 Å². The number of unbranched alkanes of at least 4 members (excludes halogenated alkanes) is 3. The van der Waals surface area contributed by atoms with E-state index in [4.69, 9.17) is 5.73 Å². The van der Waals surface area contributed by atoms with Crippen LogP contribution in [0, 0.1) is 0 Å². The Bertz CT molecular complexity index is 322. The predicted octanol–water partition coefficient (Wildman–Crippen LogP) is 0.836. The molecule has 0 amide bonds. The second-order valence-corrected chi connectivity index (χ2v) is 4.05. The van der Waals surface area contributed by atoms with Gasteiger partial charge in [-0.05, 0) is 19.4 Å². The fraction of sp³-hybridized carbons (Fsp3) is 0.727. The molecule has 0 aliphatic carbocycles. The third kappa shape index (κ3) is 5.02. The van der Waals surface area contributed by atoms with E-state index in [-0.39, 0.29) is 5.78 Å². The lowest BCUT2D eigenvalue weighted by atomic mass is 10.1. The second-order valence-electron chi connectivity index (χ2n) is 4.05. The lowest BCUT2D eigenvalue weighted by molar-refractivity contribution is -0.118. The minimum absolute atomic E-state index is 0.244. The van der Waals surface area contributed by atoms with Gasteiger partial charge in [-0.3, -0.25) is 9.48 Å². The maximum Gasteiger partial charge on any atom is 0.138 e. The van der Waals surface area contributed by atoms with Crippen LogP contribution in [-0.2, 0) is 18.3 Å². The van der Waals surface area contributed by atoms with Crippen molar-refractivity contribution in [2.45, 2.75) is 38.5 Å². The van der Waals surface area contributed by atoms with Crippen molar-refractivity contribution in [3.8, 4) is 0 Å². The Balaban J connectivity index is 2.11. The fourth-order valence-electron chi connectivity index (χ4n) is 1.59. The van der Waals surface area contributed by atoms with E-state index in [1.54, 1.807) is 17.9 Å². The largest absolute Gasteiger partial charge is 0.330 e. The molecule has 2 N–H and O–H groups in total. The number of nitrogens with two attached hydrogens (primary N) is 1. The fourth-order valence-corrected chi connectivity index (χ4v) is 1.59. The van der Waals surface area contributed by atoms with Crippen LogP contribution in [0.15, 0.2) is 6.20 Å². The Hall–Kier alpha value is -1.23. The molecule has 0 fully saturated rings. The van der Waals surface area contributed by atoms with Crippen LogP contribution in [0.3, 0.4) is 0 Å². The van der Waals surface area contributed by atoms with E-state index in [2.05, 4.69) is 10.3 Å². The summed E-state index contributed by atoms with van der Waals surface area (Å²) in [6.07, 6.45) is 7.05. The van der Waals surface area contributed by atoms with Crippen LogP contribution < -0.4 is 5.73 Å². The zero-order valence-electron chi connectivity index (χ0n) is 9.85. The van der Waals surface area contributed by atoms with Crippen molar-refractivity contribution < 1.29 is 4.79 Å². The number of aryl methyl sites for hydroxylation is 1. The number of rotatable bonds is 8. The molecule has 0 unspecified atom stereocenters. The Kier molecular flexibility index (Phi) is 5.71. The van der Waals surface area contributed by atoms with Crippen molar-refractivity contribution in [2.24, 2.45) is 12.8 Å². The maximum atomic E-state index is 11.6. The van der Waals surface area contributed by atoms with Gasteiger partial charge in [-0.15, -0.1) is 5.10 Å². The molecule has 0 aliphatic heterocycles. The van der Waals surface area contributed by atoms with Gasteiger partial charge in [0.25, 0.3) is 0 Å². The molecule has 0 atom stereocenters. The zero-order chi connectivity index (χ0) is 11.8. The second kappa shape index (κ2) is 7.11. The summed E-state index contributed by atoms with van der Waals surface area (Å²) in [4.78, 5) is 11.6. The summed E-state index contributed by atoms with van der Waals surface area (Å²) >= 11 is 0. The average molecular weight is 224 g/mol. The topological polar surface area (TPSA) is 73.8 Å². The van der Waals surface area contributed by atoms with Crippen LogP contribution in [0.4, 0.5) is 0 Å². The highest BCUT2D eigenvalue weighted by Crippen LogP contribution is 2.05. The zero-order valence-corrected chi connectivity index (χ0v) is 9.85. The quantitative estimate of drug-likeness (QED) is 0.664. The Morgan fingerprint density at radius 3 is 2.75 bits per heavy atom. The standard InChI is InChI=1S/C11H20N4O/c1-15-9-10(13-14-15)8-11(16)6-4-2-3-5-7-12/h9H,2-8,12H2,1H3. The highest BCUT2D eigenvalue weighted by atomic mass is 16.1. The molecule has 0 aliphatic rings. The SMILES string of the molecule is Cn1cc(CC(=O)CCCCCCN)nn1. The smallest absolute Gasteiger partial charge is 0.138 e. The Morgan fingerprint density at radius 1 is 1.38 bits per heavy atom. The molecule has 16 heavy (non-hydrogen) atoms. The van der Waals surface area contributed by atoms with Gasteiger partial charge in [-0.25, -0.2) is 0 Å². The summed E-state index contributed by atoms with van der Waals surface area (Å²) in [7, 11) is 1.80. The summed E-state index contributed by atoms with van der Waals surface area (Å²) in [5, 5.41) is 7.68. The van der Waals surface area contributed by atoms with Crippen LogP contribution in [0.1, 0.15) is 37.8 Å². The first-order chi connectivity index (χ1) is 7.72. The van der Waals surface area contributed by atoms with E-state index in [0.717, 1.165) is 37.9 Å². The molecule has 0 bridgehead atoms. The molecule has 0 saturated carbocycles. The summed E-state index contributed by atoms with van der Waals surface area (Å²) in [5.41, 5.74) is 6.15. The minimum atomic E-state index is 0.244. The molecule has 0 saturated heterocycles. The van der Waals surface area contributed by atoms with Crippen LogP contribution >= 0.6 is 0 Å². The minimum Gasteiger partial charge on any atom is -0.330 e. The summed E-state index contributed by atoms with van der Waals surface area (Å²) in [5.74, 6) is 0.244. The molecule has 90 valence electrons. The molecule has 1 aromatic rings. The van der Waals surface area contributed by atoms with E-state index in [1.165, 1.54) is 0 Å². The van der Waals surface area contributed by atoms with Crippen LogP contribution in [0.25, 0.3) is 0 Å². The molecule has 5 heteroatoms. The molecule has 0 aromatic carbocycles. The lowest BCUT2D eigenvalue weighted by Crippen LogP contribution is -2.03. The van der Waals surface area contributed by atoms with Gasteiger partial charge < -0.3 is 5.73 Å². The molecular weight excluding hydrogens is 204 g/mol. The number of hydrogen-bond donors (Lipinski definition) is 1. The number of carbonyl (C=O) groups is 1. The lowest BCUT2D eigenvalue weighted by Gasteiger charge is -1.99. The first-order valence-corrected chi connectivity index (χ1v) is 5.79. The van der Waals surface area contributed by atoms with E-state index >= 15 is 0 Å². The van der Waals surface area contributed by atoms with E-state index < -0.39 is 0 Å². The number of aromatic nitrogens is 3. The van der Waals surface area contributed by atoms with E-state index in [9.17, 15) is 4.79 Å². The van der Waals surface area contributed by atoms with Crippen LogP contribution in [0.2, 0.25) is 0 Å². The normalized spacial score (nSPS) is 10.6.